The van der Waals surface area contributed by atoms with Crippen LogP contribution < -0.4 is 5.73 Å². The van der Waals surface area contributed by atoms with Gasteiger partial charge < -0.3 is 30.4 Å². The van der Waals surface area contributed by atoms with Crippen molar-refractivity contribution in [2.24, 2.45) is 5.73 Å². The molecule has 0 saturated heterocycles. The standard InChI is InChI=1S/C18H14O8.C7H11N3/c19-15(20)13(25-17(23)11-7-3-1-4-8-11)14(16(21)22)26-18(24)12-9-5-2-6-10-12;8-5-1-2-6-7(3-5)10-4-9-6/h1-10,13-14H,(H,19,20)(H,21,22);4-5H,1-3,8H2,(H,9,10)/t13-,14-;/m0./s1. The minimum absolute atomic E-state index is 0.0253. The maximum atomic E-state index is 12.0. The number of hydrogen-bond donors (Lipinski definition) is 4. The average molecular weight is 495 g/mol. The number of benzene rings is 2. The first-order chi connectivity index (χ1) is 17.3. The number of aromatic nitrogens is 2. The van der Waals surface area contributed by atoms with Crippen LogP contribution in [0.3, 0.4) is 0 Å². The van der Waals surface area contributed by atoms with Crippen molar-refractivity contribution in [1.82, 2.24) is 9.97 Å². The van der Waals surface area contributed by atoms with Gasteiger partial charge in [0.1, 0.15) is 0 Å². The lowest BCUT2D eigenvalue weighted by atomic mass is 9.97. The minimum atomic E-state index is -2.21. The van der Waals surface area contributed by atoms with Crippen molar-refractivity contribution in [3.63, 3.8) is 0 Å². The van der Waals surface area contributed by atoms with Crippen molar-refractivity contribution in [3.8, 4) is 0 Å². The molecule has 1 aliphatic carbocycles. The molecule has 11 heteroatoms. The topological polar surface area (TPSA) is 182 Å². The summed E-state index contributed by atoms with van der Waals surface area (Å²) < 4.78 is 9.52. The van der Waals surface area contributed by atoms with Gasteiger partial charge in [-0.25, -0.2) is 24.2 Å². The number of H-pyrrole nitrogens is 1. The third kappa shape index (κ3) is 7.00. The summed E-state index contributed by atoms with van der Waals surface area (Å²) in [6.45, 7) is 0. The van der Waals surface area contributed by atoms with E-state index in [-0.39, 0.29) is 11.1 Å². The molecule has 11 nitrogen and oxygen atoms in total. The van der Waals surface area contributed by atoms with E-state index in [0.717, 1.165) is 19.3 Å². The molecule has 3 aromatic rings. The normalized spacial score (nSPS) is 15.8. The Balaban J connectivity index is 0.000000297. The molecule has 0 radical (unpaired) electrons. The SMILES string of the molecule is NC1CCc2nc[nH]c2C1.O=C(O[C@H](C(=O)O)[C@H](OC(=O)c1ccccc1)C(=O)O)c1ccccc1. The number of ether oxygens (including phenoxy) is 2. The molecule has 36 heavy (non-hydrogen) atoms. The van der Waals surface area contributed by atoms with Gasteiger partial charge in [-0.05, 0) is 37.1 Å². The molecule has 3 atom stereocenters. The first-order valence-electron chi connectivity index (χ1n) is 11.0. The van der Waals surface area contributed by atoms with Gasteiger partial charge >= 0.3 is 23.9 Å². The van der Waals surface area contributed by atoms with Gasteiger partial charge in [0.05, 0.1) is 23.1 Å². The molecule has 0 spiro atoms. The van der Waals surface area contributed by atoms with E-state index >= 15 is 0 Å². The number of carboxylic acid groups (broad SMARTS) is 2. The number of carbonyl (C=O) groups excluding carboxylic acids is 2. The van der Waals surface area contributed by atoms with E-state index in [1.807, 2.05) is 0 Å². The molecular weight excluding hydrogens is 470 g/mol. The van der Waals surface area contributed by atoms with Gasteiger partial charge in [0.15, 0.2) is 0 Å². The van der Waals surface area contributed by atoms with Crippen molar-refractivity contribution in [2.45, 2.75) is 37.5 Å². The highest BCUT2D eigenvalue weighted by atomic mass is 16.6. The molecule has 188 valence electrons. The fourth-order valence-corrected chi connectivity index (χ4v) is 3.43. The summed E-state index contributed by atoms with van der Waals surface area (Å²) in [6, 6.07) is 15.2. The van der Waals surface area contributed by atoms with E-state index in [9.17, 15) is 29.4 Å². The van der Waals surface area contributed by atoms with Crippen molar-refractivity contribution in [3.05, 3.63) is 89.5 Å². The molecule has 0 fully saturated rings. The van der Waals surface area contributed by atoms with Crippen molar-refractivity contribution in [1.29, 1.82) is 0 Å². The van der Waals surface area contributed by atoms with Crippen molar-refractivity contribution >= 4 is 23.9 Å². The number of carbonyl (C=O) groups is 4. The number of carboxylic acids is 2. The molecule has 4 rings (SSSR count). The third-order valence-electron chi connectivity index (χ3n) is 5.27. The Labute approximate surface area is 205 Å². The van der Waals surface area contributed by atoms with Gasteiger partial charge in [0.2, 0.25) is 12.2 Å². The number of imidazole rings is 1. The zero-order chi connectivity index (χ0) is 26.1. The van der Waals surface area contributed by atoms with Crippen LogP contribution in [0.5, 0.6) is 0 Å². The van der Waals surface area contributed by atoms with Gasteiger partial charge in [0.25, 0.3) is 0 Å². The maximum absolute atomic E-state index is 12.0. The Bertz CT molecular complexity index is 1130. The number of rotatable bonds is 7. The molecule has 1 heterocycles. The van der Waals surface area contributed by atoms with Crippen LogP contribution >= 0.6 is 0 Å². The van der Waals surface area contributed by atoms with Crippen molar-refractivity contribution < 1.29 is 38.9 Å². The average Bonchev–Trinajstić information content (AvgIpc) is 3.34. The highest BCUT2D eigenvalue weighted by Crippen LogP contribution is 2.16. The number of nitrogens with two attached hydrogens (primary N) is 1. The second-order valence-corrected chi connectivity index (χ2v) is 7.89. The lowest BCUT2D eigenvalue weighted by Gasteiger charge is -2.21. The lowest BCUT2D eigenvalue weighted by molar-refractivity contribution is -0.166. The number of aromatic amines is 1. The predicted molar refractivity (Wildman–Crippen MR) is 125 cm³/mol. The van der Waals surface area contributed by atoms with Crippen LogP contribution in [0.25, 0.3) is 0 Å². The quantitative estimate of drug-likeness (QED) is 0.353. The first-order valence-corrected chi connectivity index (χ1v) is 11.0. The Hall–Kier alpha value is -4.51. The first kappa shape index (κ1) is 26.1. The summed E-state index contributed by atoms with van der Waals surface area (Å²) in [7, 11) is 0. The number of fused-ring (bicyclic) bond motifs is 1. The molecule has 0 aliphatic heterocycles. The van der Waals surface area contributed by atoms with E-state index in [0.29, 0.717) is 6.04 Å². The van der Waals surface area contributed by atoms with Crippen LogP contribution in [0.1, 0.15) is 38.5 Å². The van der Waals surface area contributed by atoms with Gasteiger partial charge in [-0.15, -0.1) is 0 Å². The minimum Gasteiger partial charge on any atom is -0.478 e. The van der Waals surface area contributed by atoms with E-state index < -0.39 is 36.1 Å². The molecule has 1 aromatic heterocycles. The summed E-state index contributed by atoms with van der Waals surface area (Å²) >= 11 is 0. The summed E-state index contributed by atoms with van der Waals surface area (Å²) in [4.78, 5) is 54.1. The van der Waals surface area contributed by atoms with E-state index in [1.54, 1.807) is 18.5 Å². The van der Waals surface area contributed by atoms with Crippen LogP contribution in [0.4, 0.5) is 0 Å². The Morgan fingerprint density at radius 1 is 0.861 bits per heavy atom. The van der Waals surface area contributed by atoms with Crippen LogP contribution in [0, 0.1) is 0 Å². The number of esters is 2. The second-order valence-electron chi connectivity index (χ2n) is 7.89. The third-order valence-corrected chi connectivity index (χ3v) is 5.27. The monoisotopic (exact) mass is 495 g/mol. The summed E-state index contributed by atoms with van der Waals surface area (Å²) in [5.41, 5.74) is 8.26. The zero-order valence-corrected chi connectivity index (χ0v) is 19.1. The number of aliphatic carboxylic acids is 2. The molecular formula is C25H25N3O8. The van der Waals surface area contributed by atoms with E-state index in [2.05, 4.69) is 9.97 Å². The van der Waals surface area contributed by atoms with Crippen molar-refractivity contribution in [2.75, 3.05) is 0 Å². The fraction of sp³-hybridized carbons (Fsp3) is 0.240. The highest BCUT2D eigenvalue weighted by molar-refractivity contribution is 5.95. The maximum Gasteiger partial charge on any atom is 0.349 e. The zero-order valence-electron chi connectivity index (χ0n) is 19.1. The van der Waals surface area contributed by atoms with Crippen LogP contribution in [0.2, 0.25) is 0 Å². The highest BCUT2D eigenvalue weighted by Gasteiger charge is 2.41. The summed E-state index contributed by atoms with van der Waals surface area (Å²) in [5, 5.41) is 18.5. The van der Waals surface area contributed by atoms with Gasteiger partial charge in [-0.1, -0.05) is 36.4 Å². The Morgan fingerprint density at radius 3 is 1.78 bits per heavy atom. The van der Waals surface area contributed by atoms with Crippen LogP contribution in [-0.2, 0) is 31.9 Å². The molecule has 0 amide bonds. The molecule has 0 bridgehead atoms. The smallest absolute Gasteiger partial charge is 0.349 e. The number of nitrogens with one attached hydrogen (secondary N) is 1. The van der Waals surface area contributed by atoms with Gasteiger partial charge in [-0.2, -0.15) is 0 Å². The van der Waals surface area contributed by atoms with Gasteiger partial charge in [0, 0.05) is 18.2 Å². The summed E-state index contributed by atoms with van der Waals surface area (Å²) in [6.07, 6.45) is 0.413. The van der Waals surface area contributed by atoms with E-state index in [1.165, 1.54) is 59.9 Å². The molecule has 2 aromatic carbocycles. The number of nitrogens with zero attached hydrogens (tertiary/aromatic N) is 1. The predicted octanol–water partition coefficient (Wildman–Crippen LogP) is 1.83. The molecule has 1 aliphatic rings. The van der Waals surface area contributed by atoms with Crippen LogP contribution in [0.15, 0.2) is 67.0 Å². The van der Waals surface area contributed by atoms with Gasteiger partial charge in [-0.3, -0.25) is 0 Å². The largest absolute Gasteiger partial charge is 0.478 e. The number of aryl methyl sites for hydroxylation is 1. The fourth-order valence-electron chi connectivity index (χ4n) is 3.43. The Kier molecular flexibility index (Phi) is 8.89. The van der Waals surface area contributed by atoms with Crippen LogP contribution in [-0.4, -0.2) is 62.3 Å². The molecule has 1 unspecified atom stereocenters. The second kappa shape index (κ2) is 12.3. The lowest BCUT2D eigenvalue weighted by Crippen LogP contribution is -2.45. The van der Waals surface area contributed by atoms with E-state index in [4.69, 9.17) is 15.2 Å². The number of hydrogen-bond acceptors (Lipinski definition) is 8. The molecule has 0 saturated carbocycles. The summed E-state index contributed by atoms with van der Waals surface area (Å²) in [5.74, 6) is -5.63. The Morgan fingerprint density at radius 2 is 1.33 bits per heavy atom. The molecule has 5 N–H and O–H groups in total.